The molecule has 3 heteroatoms. The topological polar surface area (TPSA) is 49.7 Å². The third kappa shape index (κ3) is 13.2. The first-order valence-corrected chi connectivity index (χ1v) is 9.70. The lowest BCUT2D eigenvalue weighted by Crippen LogP contribution is -2.26. The van der Waals surface area contributed by atoms with Crippen molar-refractivity contribution in [1.29, 1.82) is 0 Å². The number of hydrogen-bond acceptors (Lipinski definition) is 3. The van der Waals surface area contributed by atoms with E-state index in [0.29, 0.717) is 29.3 Å². The fourth-order valence-electron chi connectivity index (χ4n) is 3.72. The number of aliphatic hydroxyl groups is 2. The van der Waals surface area contributed by atoms with Crippen molar-refractivity contribution >= 4 is 0 Å². The molecule has 0 aliphatic rings. The third-order valence-electron chi connectivity index (χ3n) is 4.58. The van der Waals surface area contributed by atoms with Crippen LogP contribution in [0.4, 0.5) is 0 Å². The highest BCUT2D eigenvalue weighted by atomic mass is 16.5. The van der Waals surface area contributed by atoms with E-state index in [1.165, 1.54) is 25.7 Å². The lowest BCUT2D eigenvalue weighted by atomic mass is 9.76. The Morgan fingerprint density at radius 3 is 1.83 bits per heavy atom. The second-order valence-electron chi connectivity index (χ2n) is 10.3. The molecule has 24 heavy (non-hydrogen) atoms. The number of rotatable bonds is 11. The normalized spacial score (nSPS) is 18.2. The molecule has 0 spiro atoms. The molecule has 4 unspecified atom stereocenters. The number of hydrogen-bond donors (Lipinski definition) is 2. The maximum atomic E-state index is 9.47. The lowest BCUT2D eigenvalue weighted by Gasteiger charge is -2.31. The first-order valence-electron chi connectivity index (χ1n) is 9.70. The third-order valence-corrected chi connectivity index (χ3v) is 4.58. The average molecular weight is 345 g/mol. The summed E-state index contributed by atoms with van der Waals surface area (Å²) < 4.78 is 5.71. The van der Waals surface area contributed by atoms with Crippen molar-refractivity contribution in [3.63, 3.8) is 0 Å². The largest absolute Gasteiger partial charge is 0.394 e. The molecule has 0 radical (unpaired) electrons. The Bertz CT molecular complexity index is 314. The molecule has 0 amide bonds. The molecule has 3 nitrogen and oxygen atoms in total. The molecule has 0 heterocycles. The summed E-state index contributed by atoms with van der Waals surface area (Å²) >= 11 is 0. The van der Waals surface area contributed by atoms with Crippen molar-refractivity contribution in [2.24, 2.45) is 28.6 Å². The van der Waals surface area contributed by atoms with Crippen molar-refractivity contribution < 1.29 is 14.9 Å². The summed E-state index contributed by atoms with van der Waals surface area (Å²) in [7, 11) is 0. The molecule has 0 aromatic rings. The van der Waals surface area contributed by atoms with Crippen molar-refractivity contribution in [3.8, 4) is 0 Å². The van der Waals surface area contributed by atoms with Gasteiger partial charge >= 0.3 is 0 Å². The van der Waals surface area contributed by atoms with Crippen LogP contribution >= 0.6 is 0 Å². The summed E-state index contributed by atoms with van der Waals surface area (Å²) in [6, 6.07) is 0. The molecular formula is C21H44O3. The van der Waals surface area contributed by atoms with E-state index >= 15 is 0 Å². The minimum absolute atomic E-state index is 0.229. The van der Waals surface area contributed by atoms with Gasteiger partial charge in [0.25, 0.3) is 0 Å². The second-order valence-corrected chi connectivity index (χ2v) is 10.3. The lowest BCUT2D eigenvalue weighted by molar-refractivity contribution is -0.0147. The van der Waals surface area contributed by atoms with Gasteiger partial charge in [0.05, 0.1) is 13.2 Å². The minimum atomic E-state index is -0.761. The van der Waals surface area contributed by atoms with Crippen LogP contribution in [0, 0.1) is 28.6 Å². The van der Waals surface area contributed by atoms with Gasteiger partial charge in [-0.05, 0) is 47.8 Å². The Kier molecular flexibility index (Phi) is 10.7. The highest BCUT2D eigenvalue weighted by molar-refractivity contribution is 4.75. The van der Waals surface area contributed by atoms with Crippen molar-refractivity contribution in [3.05, 3.63) is 0 Å². The summed E-state index contributed by atoms with van der Waals surface area (Å²) in [5, 5.41) is 18.4. The first kappa shape index (κ1) is 23.9. The Morgan fingerprint density at radius 2 is 1.38 bits per heavy atom. The summed E-state index contributed by atoms with van der Waals surface area (Å²) in [6.45, 7) is 19.2. The molecule has 0 saturated heterocycles. The van der Waals surface area contributed by atoms with Crippen LogP contribution < -0.4 is 0 Å². The molecule has 0 fully saturated rings. The standard InChI is InChI=1S/C21H44O3/c1-16(11-20(3,4)5)9-10-18(14-24-15-19(23)13-22)17(2)12-21(6,7)8/h16-19,22-23H,9-15H2,1-8H3. The molecule has 0 aliphatic carbocycles. The van der Waals surface area contributed by atoms with Gasteiger partial charge in [0.15, 0.2) is 0 Å². The van der Waals surface area contributed by atoms with Gasteiger partial charge in [-0.3, -0.25) is 0 Å². The van der Waals surface area contributed by atoms with E-state index in [-0.39, 0.29) is 13.2 Å². The van der Waals surface area contributed by atoms with Gasteiger partial charge in [0.1, 0.15) is 6.10 Å². The van der Waals surface area contributed by atoms with Crippen LogP contribution in [0.5, 0.6) is 0 Å². The summed E-state index contributed by atoms with van der Waals surface area (Å²) in [5.41, 5.74) is 0.701. The fourth-order valence-corrected chi connectivity index (χ4v) is 3.72. The predicted molar refractivity (Wildman–Crippen MR) is 103 cm³/mol. The van der Waals surface area contributed by atoms with E-state index in [4.69, 9.17) is 9.84 Å². The molecule has 2 N–H and O–H groups in total. The zero-order valence-electron chi connectivity index (χ0n) is 17.6. The Labute approximate surface area is 151 Å². The van der Waals surface area contributed by atoms with Crippen LogP contribution in [0.2, 0.25) is 0 Å². The molecule has 0 bridgehead atoms. The maximum Gasteiger partial charge on any atom is 0.100 e. The quantitative estimate of drug-likeness (QED) is 0.560. The number of ether oxygens (including phenoxy) is 1. The van der Waals surface area contributed by atoms with Gasteiger partial charge in [0, 0.05) is 6.61 Å². The van der Waals surface area contributed by atoms with Gasteiger partial charge in [-0.25, -0.2) is 0 Å². The predicted octanol–water partition coefficient (Wildman–Crippen LogP) is 4.90. The van der Waals surface area contributed by atoms with Crippen molar-refractivity contribution in [2.75, 3.05) is 19.8 Å². The van der Waals surface area contributed by atoms with Crippen LogP contribution in [0.25, 0.3) is 0 Å². The summed E-state index contributed by atoms with van der Waals surface area (Å²) in [5.74, 6) is 1.83. The van der Waals surface area contributed by atoms with Crippen LogP contribution in [0.1, 0.15) is 81.1 Å². The second kappa shape index (κ2) is 10.8. The monoisotopic (exact) mass is 344 g/mol. The Morgan fingerprint density at radius 1 is 0.833 bits per heavy atom. The Balaban J connectivity index is 4.55. The molecule has 0 saturated carbocycles. The molecule has 0 aromatic heterocycles. The Hall–Kier alpha value is -0.120. The SMILES string of the molecule is CC(CCC(COCC(O)CO)C(C)CC(C)(C)C)CC(C)(C)C. The van der Waals surface area contributed by atoms with Gasteiger partial charge in [-0.1, -0.05) is 61.8 Å². The number of aliphatic hydroxyl groups excluding tert-OH is 2. The highest BCUT2D eigenvalue weighted by Gasteiger charge is 2.25. The van der Waals surface area contributed by atoms with E-state index < -0.39 is 6.10 Å². The maximum absolute atomic E-state index is 9.47. The molecule has 146 valence electrons. The van der Waals surface area contributed by atoms with Crippen molar-refractivity contribution in [1.82, 2.24) is 0 Å². The van der Waals surface area contributed by atoms with Crippen LogP contribution in [0.15, 0.2) is 0 Å². The van der Waals surface area contributed by atoms with E-state index in [1.54, 1.807) is 0 Å². The smallest absolute Gasteiger partial charge is 0.100 e. The van der Waals surface area contributed by atoms with Gasteiger partial charge in [-0.15, -0.1) is 0 Å². The zero-order valence-corrected chi connectivity index (χ0v) is 17.6. The molecule has 0 aliphatic heterocycles. The van der Waals surface area contributed by atoms with Gasteiger partial charge < -0.3 is 14.9 Å². The van der Waals surface area contributed by atoms with Gasteiger partial charge in [0.2, 0.25) is 0 Å². The van der Waals surface area contributed by atoms with Gasteiger partial charge in [-0.2, -0.15) is 0 Å². The van der Waals surface area contributed by atoms with Crippen LogP contribution in [-0.2, 0) is 4.74 Å². The average Bonchev–Trinajstić information content (AvgIpc) is 2.38. The van der Waals surface area contributed by atoms with E-state index in [2.05, 4.69) is 55.4 Å². The molecule has 0 aromatic carbocycles. The van der Waals surface area contributed by atoms with Crippen molar-refractivity contribution in [2.45, 2.75) is 87.2 Å². The zero-order chi connectivity index (χ0) is 19.0. The minimum Gasteiger partial charge on any atom is -0.394 e. The molecular weight excluding hydrogens is 300 g/mol. The molecule has 0 rings (SSSR count). The van der Waals surface area contributed by atoms with E-state index in [9.17, 15) is 5.11 Å². The summed E-state index contributed by atoms with van der Waals surface area (Å²) in [4.78, 5) is 0. The van der Waals surface area contributed by atoms with Crippen LogP contribution in [0.3, 0.4) is 0 Å². The molecule has 4 atom stereocenters. The highest BCUT2D eigenvalue weighted by Crippen LogP contribution is 2.33. The van der Waals surface area contributed by atoms with Crippen LogP contribution in [-0.4, -0.2) is 36.1 Å². The van der Waals surface area contributed by atoms with E-state index in [1.807, 2.05) is 0 Å². The fraction of sp³-hybridized carbons (Fsp3) is 1.00. The first-order chi connectivity index (χ1) is 10.8. The summed E-state index contributed by atoms with van der Waals surface area (Å²) in [6.07, 6.45) is 4.06. The van der Waals surface area contributed by atoms with E-state index in [0.717, 1.165) is 5.92 Å².